The van der Waals surface area contributed by atoms with Crippen molar-refractivity contribution >= 4 is 23.5 Å². The van der Waals surface area contributed by atoms with E-state index in [2.05, 4.69) is 17.0 Å². The third kappa shape index (κ3) is 4.54. The molecule has 1 spiro atoms. The molecule has 1 fully saturated rings. The number of likely N-dealkylation sites (tertiary alicyclic amines) is 1. The zero-order chi connectivity index (χ0) is 21.1. The molecular weight excluding hydrogens is 380 g/mol. The highest BCUT2D eigenvalue weighted by Crippen LogP contribution is 2.39. The first-order chi connectivity index (χ1) is 14.4. The number of nitrogens with two attached hydrogens (primary N) is 1. The van der Waals surface area contributed by atoms with Crippen molar-refractivity contribution in [2.45, 2.75) is 31.3 Å². The summed E-state index contributed by atoms with van der Waals surface area (Å²) in [5.74, 6) is -0.344. The topological polar surface area (TPSA) is 92.9 Å². The summed E-state index contributed by atoms with van der Waals surface area (Å²) in [6.07, 6.45) is 5.54. The molecule has 2 aliphatic heterocycles. The van der Waals surface area contributed by atoms with E-state index in [1.807, 2.05) is 12.1 Å². The van der Waals surface area contributed by atoms with Crippen LogP contribution in [-0.2, 0) is 11.2 Å². The molecule has 0 atom stereocenters. The van der Waals surface area contributed by atoms with Crippen molar-refractivity contribution in [3.05, 3.63) is 65.2 Å². The monoisotopic (exact) mass is 406 g/mol. The number of fused-ring (bicyclic) bond motifs is 1. The van der Waals surface area contributed by atoms with Crippen LogP contribution in [0.1, 0.15) is 40.7 Å². The van der Waals surface area contributed by atoms with Gasteiger partial charge in [0.25, 0.3) is 0 Å². The van der Waals surface area contributed by atoms with Gasteiger partial charge in [0, 0.05) is 44.2 Å². The van der Waals surface area contributed by atoms with E-state index in [1.54, 1.807) is 18.2 Å². The van der Waals surface area contributed by atoms with E-state index in [1.165, 1.54) is 11.6 Å². The normalized spacial score (nSPS) is 18.3. The quantitative estimate of drug-likeness (QED) is 0.584. The predicted molar refractivity (Wildman–Crippen MR) is 116 cm³/mol. The molecule has 156 valence electrons. The summed E-state index contributed by atoms with van der Waals surface area (Å²) >= 11 is 0. The van der Waals surface area contributed by atoms with Crippen LogP contribution in [-0.4, -0.2) is 47.0 Å². The standard InChI is InChI=1S/C24H26N2O4/c25-19-5-1-17(2-6-19)9-12-26-13-10-24(11-14-26)16-21(27)20-15-18(4-8-23(28)29)3-7-22(20)30-24/h1-8,15H,9-14,16,25H2,(H,28,29)/b8-4+. The van der Waals surface area contributed by atoms with Gasteiger partial charge in [-0.15, -0.1) is 0 Å². The molecule has 3 N–H and O–H groups in total. The number of carboxylic acid groups (broad SMARTS) is 1. The molecule has 0 saturated carbocycles. The summed E-state index contributed by atoms with van der Waals surface area (Å²) in [7, 11) is 0. The molecule has 4 rings (SSSR count). The van der Waals surface area contributed by atoms with Crippen molar-refractivity contribution in [3.8, 4) is 5.75 Å². The molecule has 6 heteroatoms. The van der Waals surface area contributed by atoms with Crippen LogP contribution in [0.4, 0.5) is 5.69 Å². The lowest BCUT2D eigenvalue weighted by Gasteiger charge is -2.44. The minimum atomic E-state index is -1.02. The average molecular weight is 406 g/mol. The number of Topliss-reactive ketones (excluding diaryl/α,β-unsaturated/α-hetero) is 1. The molecule has 2 heterocycles. The van der Waals surface area contributed by atoms with E-state index in [-0.39, 0.29) is 5.78 Å². The third-order valence-corrected chi connectivity index (χ3v) is 6.00. The molecular formula is C24H26N2O4. The van der Waals surface area contributed by atoms with E-state index in [9.17, 15) is 9.59 Å². The predicted octanol–water partition coefficient (Wildman–Crippen LogP) is 3.41. The molecule has 2 aliphatic rings. The lowest BCUT2D eigenvalue weighted by Crippen LogP contribution is -2.51. The van der Waals surface area contributed by atoms with Crippen LogP contribution in [0.2, 0.25) is 0 Å². The van der Waals surface area contributed by atoms with Gasteiger partial charge >= 0.3 is 5.97 Å². The molecule has 30 heavy (non-hydrogen) atoms. The number of rotatable bonds is 5. The highest BCUT2D eigenvalue weighted by molar-refractivity contribution is 6.01. The molecule has 0 radical (unpaired) electrons. The number of ether oxygens (including phenoxy) is 1. The molecule has 1 saturated heterocycles. The molecule has 2 aromatic carbocycles. The first-order valence-electron chi connectivity index (χ1n) is 10.3. The number of benzene rings is 2. The van der Waals surface area contributed by atoms with Crippen molar-refractivity contribution in [2.24, 2.45) is 0 Å². The van der Waals surface area contributed by atoms with Crippen LogP contribution in [0.3, 0.4) is 0 Å². The van der Waals surface area contributed by atoms with Crippen molar-refractivity contribution in [1.29, 1.82) is 0 Å². The third-order valence-electron chi connectivity index (χ3n) is 6.00. The van der Waals surface area contributed by atoms with Gasteiger partial charge in [-0.25, -0.2) is 4.79 Å². The maximum atomic E-state index is 12.8. The molecule has 2 aromatic rings. The number of carbonyl (C=O) groups excluding carboxylic acids is 1. The summed E-state index contributed by atoms with van der Waals surface area (Å²) in [5, 5.41) is 8.78. The second kappa shape index (κ2) is 8.32. The summed E-state index contributed by atoms with van der Waals surface area (Å²) in [4.78, 5) is 26.0. The molecule has 0 bridgehead atoms. The highest BCUT2D eigenvalue weighted by Gasteiger charge is 2.42. The van der Waals surface area contributed by atoms with Gasteiger partial charge in [0.1, 0.15) is 11.4 Å². The maximum Gasteiger partial charge on any atom is 0.328 e. The van der Waals surface area contributed by atoms with Crippen LogP contribution in [0.25, 0.3) is 6.08 Å². The molecule has 6 nitrogen and oxygen atoms in total. The van der Waals surface area contributed by atoms with E-state index < -0.39 is 11.6 Å². The lowest BCUT2D eigenvalue weighted by atomic mass is 9.82. The Morgan fingerprint density at radius 1 is 1.17 bits per heavy atom. The van der Waals surface area contributed by atoms with Gasteiger partial charge in [-0.2, -0.15) is 0 Å². The van der Waals surface area contributed by atoms with Crippen molar-refractivity contribution in [2.75, 3.05) is 25.4 Å². The minimum absolute atomic E-state index is 0.0668. The number of ketones is 1. The van der Waals surface area contributed by atoms with Gasteiger partial charge < -0.3 is 20.5 Å². The smallest absolute Gasteiger partial charge is 0.328 e. The van der Waals surface area contributed by atoms with Crippen molar-refractivity contribution in [3.63, 3.8) is 0 Å². The molecule has 0 unspecified atom stereocenters. The fourth-order valence-electron chi connectivity index (χ4n) is 4.22. The number of anilines is 1. The Balaban J connectivity index is 1.37. The zero-order valence-electron chi connectivity index (χ0n) is 16.8. The number of hydrogen-bond donors (Lipinski definition) is 2. The van der Waals surface area contributed by atoms with Gasteiger partial charge in [-0.05, 0) is 47.9 Å². The van der Waals surface area contributed by atoms with Gasteiger partial charge in [0.15, 0.2) is 5.78 Å². The largest absolute Gasteiger partial charge is 0.486 e. The number of nitrogens with zero attached hydrogens (tertiary/aromatic N) is 1. The number of carboxylic acids is 1. The second-order valence-electron chi connectivity index (χ2n) is 8.15. The minimum Gasteiger partial charge on any atom is -0.486 e. The summed E-state index contributed by atoms with van der Waals surface area (Å²) in [6, 6.07) is 13.3. The van der Waals surface area contributed by atoms with Crippen LogP contribution in [0.15, 0.2) is 48.5 Å². The average Bonchev–Trinajstić information content (AvgIpc) is 2.73. The zero-order valence-corrected chi connectivity index (χ0v) is 16.8. The first-order valence-corrected chi connectivity index (χ1v) is 10.3. The van der Waals surface area contributed by atoms with E-state index in [0.717, 1.165) is 50.7 Å². The van der Waals surface area contributed by atoms with E-state index in [0.29, 0.717) is 23.3 Å². The van der Waals surface area contributed by atoms with E-state index >= 15 is 0 Å². The summed E-state index contributed by atoms with van der Waals surface area (Å²) < 4.78 is 6.33. The Hall–Kier alpha value is -3.12. The number of carbonyl (C=O) groups is 2. The van der Waals surface area contributed by atoms with Gasteiger partial charge in [0.2, 0.25) is 0 Å². The number of piperidine rings is 1. The van der Waals surface area contributed by atoms with E-state index in [4.69, 9.17) is 15.6 Å². The molecule has 0 amide bonds. The van der Waals surface area contributed by atoms with Gasteiger partial charge in [0.05, 0.1) is 12.0 Å². The van der Waals surface area contributed by atoms with Crippen molar-refractivity contribution < 1.29 is 19.4 Å². The Morgan fingerprint density at radius 2 is 1.90 bits per heavy atom. The number of aliphatic carboxylic acids is 1. The number of nitrogen functional groups attached to an aromatic ring is 1. The van der Waals surface area contributed by atoms with Crippen LogP contribution in [0.5, 0.6) is 5.75 Å². The maximum absolute atomic E-state index is 12.8. The number of hydrogen-bond acceptors (Lipinski definition) is 5. The van der Waals surface area contributed by atoms with Crippen LogP contribution < -0.4 is 10.5 Å². The lowest BCUT2D eigenvalue weighted by molar-refractivity contribution is -0.131. The Morgan fingerprint density at radius 3 is 2.60 bits per heavy atom. The highest BCUT2D eigenvalue weighted by atomic mass is 16.5. The van der Waals surface area contributed by atoms with Gasteiger partial charge in [-0.1, -0.05) is 18.2 Å². The Kier molecular flexibility index (Phi) is 5.59. The van der Waals surface area contributed by atoms with Crippen LogP contribution >= 0.6 is 0 Å². The molecule has 0 aliphatic carbocycles. The summed E-state index contributed by atoms with van der Waals surface area (Å²) in [5.41, 5.74) is 8.59. The van der Waals surface area contributed by atoms with Crippen molar-refractivity contribution in [1.82, 2.24) is 4.90 Å². The summed E-state index contributed by atoms with van der Waals surface area (Å²) in [6.45, 7) is 2.78. The second-order valence-corrected chi connectivity index (χ2v) is 8.15. The Bertz CT molecular complexity index is 973. The van der Waals surface area contributed by atoms with Crippen LogP contribution in [0, 0.1) is 0 Å². The molecule has 0 aromatic heterocycles. The SMILES string of the molecule is Nc1ccc(CCN2CCC3(CC2)CC(=O)c2cc(/C=C/C(=O)O)ccc2O3)cc1. The van der Waals surface area contributed by atoms with Gasteiger partial charge in [-0.3, -0.25) is 4.79 Å². The Labute approximate surface area is 175 Å². The fraction of sp³-hybridized carbons (Fsp3) is 0.333. The first kappa shape index (κ1) is 20.2. The fourth-order valence-corrected chi connectivity index (χ4v) is 4.22.